The van der Waals surface area contributed by atoms with E-state index in [0.717, 1.165) is 32.2 Å². The van der Waals surface area contributed by atoms with Crippen LogP contribution in [0.25, 0.3) is 0 Å². The zero-order valence-electron chi connectivity index (χ0n) is 9.51. The summed E-state index contributed by atoms with van der Waals surface area (Å²) in [5, 5.41) is 0. The highest BCUT2D eigenvalue weighted by Gasteiger charge is 2.09. The third-order valence-electron chi connectivity index (χ3n) is 2.65. The molecule has 0 aromatic heterocycles. The number of carbonyl (C=O) groups is 1. The molecule has 0 bridgehead atoms. The lowest BCUT2D eigenvalue weighted by Crippen LogP contribution is -2.07. The van der Waals surface area contributed by atoms with Crippen LogP contribution in [-0.2, 0) is 4.79 Å². The van der Waals surface area contributed by atoms with Crippen molar-refractivity contribution in [2.24, 2.45) is 11.7 Å². The van der Waals surface area contributed by atoms with Crippen LogP contribution in [0.2, 0.25) is 0 Å². The Bertz CT molecular complexity index is 187. The lowest BCUT2D eigenvalue weighted by atomic mass is 9.93. The normalized spacial score (nSPS) is 12.5. The zero-order chi connectivity index (χ0) is 11.0. The molecule has 0 fully saturated rings. The van der Waals surface area contributed by atoms with Crippen molar-refractivity contribution in [2.75, 3.05) is 6.54 Å². The fourth-order valence-corrected chi connectivity index (χ4v) is 1.51. The molecule has 2 heteroatoms. The first kappa shape index (κ1) is 13.4. The molecule has 0 aliphatic heterocycles. The molecular formula is C12H23NO. The molecule has 0 radical (unpaired) electrons. The van der Waals surface area contributed by atoms with Crippen LogP contribution in [0.4, 0.5) is 0 Å². The average molecular weight is 197 g/mol. The minimum Gasteiger partial charge on any atom is -0.330 e. The molecule has 0 aromatic rings. The molecule has 0 heterocycles. The summed E-state index contributed by atoms with van der Waals surface area (Å²) in [6, 6.07) is 0. The third-order valence-corrected chi connectivity index (χ3v) is 2.65. The Morgan fingerprint density at radius 1 is 1.43 bits per heavy atom. The Labute approximate surface area is 87.6 Å². The number of hydrogen-bond donors (Lipinski definition) is 1. The number of Topliss-reactive ketones (excluding diaryl/α,β-unsaturated/α-hetero) is 1. The molecule has 1 atom stereocenters. The Morgan fingerprint density at radius 3 is 2.50 bits per heavy atom. The van der Waals surface area contributed by atoms with Gasteiger partial charge < -0.3 is 5.73 Å². The first-order chi connectivity index (χ1) is 6.61. The highest BCUT2D eigenvalue weighted by molar-refractivity contribution is 5.93. The third kappa shape index (κ3) is 5.92. The summed E-state index contributed by atoms with van der Waals surface area (Å²) in [7, 11) is 0. The number of allylic oxidation sites excluding steroid dienone is 1. The predicted molar refractivity (Wildman–Crippen MR) is 61.1 cm³/mol. The van der Waals surface area contributed by atoms with Crippen molar-refractivity contribution in [1.29, 1.82) is 0 Å². The second-order valence-electron chi connectivity index (χ2n) is 3.95. The summed E-state index contributed by atoms with van der Waals surface area (Å²) in [6.07, 6.45) is 5.00. The van der Waals surface area contributed by atoms with E-state index in [-0.39, 0.29) is 5.78 Å². The molecule has 0 spiro atoms. The van der Waals surface area contributed by atoms with Gasteiger partial charge in [-0.3, -0.25) is 4.79 Å². The Hall–Kier alpha value is -0.630. The van der Waals surface area contributed by atoms with Crippen LogP contribution in [0.1, 0.15) is 46.0 Å². The van der Waals surface area contributed by atoms with Crippen LogP contribution in [-0.4, -0.2) is 12.3 Å². The zero-order valence-corrected chi connectivity index (χ0v) is 9.51. The summed E-state index contributed by atoms with van der Waals surface area (Å²) >= 11 is 0. The summed E-state index contributed by atoms with van der Waals surface area (Å²) in [5.74, 6) is 0.859. The van der Waals surface area contributed by atoms with Crippen molar-refractivity contribution in [3.63, 3.8) is 0 Å². The molecule has 2 N–H and O–H groups in total. The lowest BCUT2D eigenvalue weighted by molar-refractivity contribution is -0.115. The number of rotatable bonds is 8. The van der Waals surface area contributed by atoms with Gasteiger partial charge in [0.25, 0.3) is 0 Å². The van der Waals surface area contributed by atoms with Gasteiger partial charge in [0.05, 0.1) is 0 Å². The predicted octanol–water partition coefficient (Wildman–Crippen LogP) is 2.68. The van der Waals surface area contributed by atoms with Gasteiger partial charge in [-0.25, -0.2) is 0 Å². The van der Waals surface area contributed by atoms with E-state index in [0.29, 0.717) is 17.9 Å². The lowest BCUT2D eigenvalue weighted by Gasteiger charge is -2.13. The molecule has 0 saturated carbocycles. The number of nitrogens with two attached hydrogens (primary N) is 1. The minimum atomic E-state index is 0.205. The minimum absolute atomic E-state index is 0.205. The van der Waals surface area contributed by atoms with E-state index in [4.69, 9.17) is 5.73 Å². The van der Waals surface area contributed by atoms with Crippen LogP contribution in [0, 0.1) is 5.92 Å². The summed E-state index contributed by atoms with van der Waals surface area (Å²) in [6.45, 7) is 8.36. The van der Waals surface area contributed by atoms with Gasteiger partial charge in [-0.05, 0) is 44.2 Å². The van der Waals surface area contributed by atoms with Crippen LogP contribution in [0.5, 0.6) is 0 Å². The molecule has 0 aliphatic carbocycles. The van der Waals surface area contributed by atoms with E-state index in [9.17, 15) is 4.79 Å². The molecule has 14 heavy (non-hydrogen) atoms. The molecule has 0 aliphatic rings. The maximum atomic E-state index is 11.3. The summed E-state index contributed by atoms with van der Waals surface area (Å²) < 4.78 is 0. The Balaban J connectivity index is 3.71. The largest absolute Gasteiger partial charge is 0.330 e. The second-order valence-corrected chi connectivity index (χ2v) is 3.95. The van der Waals surface area contributed by atoms with Crippen molar-refractivity contribution in [1.82, 2.24) is 0 Å². The van der Waals surface area contributed by atoms with Gasteiger partial charge in [0.15, 0.2) is 5.78 Å². The summed E-state index contributed by atoms with van der Waals surface area (Å²) in [5.41, 5.74) is 6.13. The smallest absolute Gasteiger partial charge is 0.157 e. The Morgan fingerprint density at radius 2 is 2.07 bits per heavy atom. The molecule has 0 rings (SSSR count). The van der Waals surface area contributed by atoms with Crippen LogP contribution >= 0.6 is 0 Å². The first-order valence-corrected chi connectivity index (χ1v) is 5.50. The van der Waals surface area contributed by atoms with E-state index in [1.165, 1.54) is 0 Å². The SMILES string of the molecule is C=C(C)C(=O)CCC(CC)CCCN. The fraction of sp³-hybridized carbons (Fsp3) is 0.750. The first-order valence-electron chi connectivity index (χ1n) is 5.50. The van der Waals surface area contributed by atoms with E-state index in [1.54, 1.807) is 6.92 Å². The van der Waals surface area contributed by atoms with Gasteiger partial charge in [-0.2, -0.15) is 0 Å². The van der Waals surface area contributed by atoms with Crippen LogP contribution in [0.15, 0.2) is 12.2 Å². The van der Waals surface area contributed by atoms with Gasteiger partial charge in [0.1, 0.15) is 0 Å². The van der Waals surface area contributed by atoms with Crippen molar-refractivity contribution in [3.8, 4) is 0 Å². The number of ketones is 1. The van der Waals surface area contributed by atoms with E-state index < -0.39 is 0 Å². The second kappa shape index (κ2) is 7.74. The maximum Gasteiger partial charge on any atom is 0.157 e. The van der Waals surface area contributed by atoms with Crippen molar-refractivity contribution >= 4 is 5.78 Å². The molecule has 1 unspecified atom stereocenters. The summed E-state index contributed by atoms with van der Waals surface area (Å²) in [4.78, 5) is 11.3. The van der Waals surface area contributed by atoms with Gasteiger partial charge >= 0.3 is 0 Å². The standard InChI is InChI=1S/C12H23NO/c1-4-11(6-5-9-13)7-8-12(14)10(2)3/h11H,2,4-9,13H2,1,3H3. The van der Waals surface area contributed by atoms with Crippen molar-refractivity contribution < 1.29 is 4.79 Å². The van der Waals surface area contributed by atoms with Gasteiger partial charge in [-0.1, -0.05) is 19.9 Å². The molecular weight excluding hydrogens is 174 g/mol. The van der Waals surface area contributed by atoms with Gasteiger partial charge in [0, 0.05) is 6.42 Å². The average Bonchev–Trinajstić information content (AvgIpc) is 2.17. The molecule has 0 aromatic carbocycles. The van der Waals surface area contributed by atoms with E-state index >= 15 is 0 Å². The quantitative estimate of drug-likeness (QED) is 0.608. The van der Waals surface area contributed by atoms with Crippen LogP contribution in [0.3, 0.4) is 0 Å². The molecule has 0 amide bonds. The topological polar surface area (TPSA) is 43.1 Å². The highest BCUT2D eigenvalue weighted by atomic mass is 16.1. The van der Waals surface area contributed by atoms with Gasteiger partial charge in [0.2, 0.25) is 0 Å². The maximum absolute atomic E-state index is 11.3. The molecule has 82 valence electrons. The monoisotopic (exact) mass is 197 g/mol. The number of hydrogen-bond acceptors (Lipinski definition) is 2. The number of carbonyl (C=O) groups excluding carboxylic acids is 1. The van der Waals surface area contributed by atoms with Crippen molar-refractivity contribution in [3.05, 3.63) is 12.2 Å². The molecule has 2 nitrogen and oxygen atoms in total. The fourth-order valence-electron chi connectivity index (χ4n) is 1.51. The van der Waals surface area contributed by atoms with Crippen LogP contribution < -0.4 is 5.73 Å². The van der Waals surface area contributed by atoms with E-state index in [2.05, 4.69) is 13.5 Å². The van der Waals surface area contributed by atoms with E-state index in [1.807, 2.05) is 0 Å². The van der Waals surface area contributed by atoms with Gasteiger partial charge in [-0.15, -0.1) is 0 Å². The molecule has 0 saturated heterocycles. The highest BCUT2D eigenvalue weighted by Crippen LogP contribution is 2.17. The van der Waals surface area contributed by atoms with Crippen molar-refractivity contribution in [2.45, 2.75) is 46.0 Å². The Kier molecular flexibility index (Phi) is 7.40.